The van der Waals surface area contributed by atoms with Gasteiger partial charge in [0.25, 0.3) is 5.91 Å². The molecule has 126 valence electrons. The van der Waals surface area contributed by atoms with Gasteiger partial charge in [0.2, 0.25) is 0 Å². The van der Waals surface area contributed by atoms with Crippen LogP contribution >= 0.6 is 0 Å². The molecule has 1 N–H and O–H groups in total. The smallest absolute Gasteiger partial charge is 0.291 e. The highest BCUT2D eigenvalue weighted by atomic mass is 19.2. The van der Waals surface area contributed by atoms with Gasteiger partial charge in [-0.25, -0.2) is 8.78 Å². The summed E-state index contributed by atoms with van der Waals surface area (Å²) in [4.78, 5) is 24.7. The van der Waals surface area contributed by atoms with E-state index in [1.54, 1.807) is 6.92 Å². The standard InChI is InChI=1S/C18H17F2NO3/c1-9-14-12(22)7-18(2,3)8-13(14)24-16(9)17(23)21-11-6-4-5-10(19)15(11)20/h4-6H,7-8H2,1-3H3,(H,21,23). The van der Waals surface area contributed by atoms with Crippen LogP contribution in [0.15, 0.2) is 22.6 Å². The summed E-state index contributed by atoms with van der Waals surface area (Å²) >= 11 is 0. The number of nitrogens with one attached hydrogen (secondary N) is 1. The molecule has 1 aliphatic rings. The SMILES string of the molecule is Cc1c(C(=O)Nc2cccc(F)c2F)oc2c1C(=O)CC(C)(C)C2. The van der Waals surface area contributed by atoms with Crippen LogP contribution in [-0.2, 0) is 6.42 Å². The van der Waals surface area contributed by atoms with Crippen molar-refractivity contribution in [3.63, 3.8) is 0 Å². The molecule has 24 heavy (non-hydrogen) atoms. The van der Waals surface area contributed by atoms with Crippen LogP contribution in [0.2, 0.25) is 0 Å². The molecule has 0 bridgehead atoms. The molecule has 6 heteroatoms. The Balaban J connectivity index is 1.95. The maximum absolute atomic E-state index is 13.7. The summed E-state index contributed by atoms with van der Waals surface area (Å²) in [6.45, 7) is 5.52. The van der Waals surface area contributed by atoms with Crippen LogP contribution in [0, 0.1) is 24.0 Å². The van der Waals surface area contributed by atoms with Crippen molar-refractivity contribution in [2.75, 3.05) is 5.32 Å². The van der Waals surface area contributed by atoms with Crippen molar-refractivity contribution in [2.24, 2.45) is 5.41 Å². The quantitative estimate of drug-likeness (QED) is 0.892. The van der Waals surface area contributed by atoms with Crippen molar-refractivity contribution in [1.29, 1.82) is 0 Å². The molecule has 1 amide bonds. The summed E-state index contributed by atoms with van der Waals surface area (Å²) < 4.78 is 32.5. The Morgan fingerprint density at radius 1 is 1.25 bits per heavy atom. The third-order valence-corrected chi connectivity index (χ3v) is 4.18. The number of hydrogen-bond donors (Lipinski definition) is 1. The summed E-state index contributed by atoms with van der Waals surface area (Å²) in [7, 11) is 0. The molecule has 0 radical (unpaired) electrons. The predicted octanol–water partition coefficient (Wildman–Crippen LogP) is 4.27. The van der Waals surface area contributed by atoms with Gasteiger partial charge in [-0.3, -0.25) is 9.59 Å². The molecule has 1 aromatic heterocycles. The van der Waals surface area contributed by atoms with E-state index in [1.807, 2.05) is 13.8 Å². The lowest BCUT2D eigenvalue weighted by Crippen LogP contribution is -2.26. The summed E-state index contributed by atoms with van der Waals surface area (Å²) in [5, 5.41) is 2.29. The molecule has 2 aromatic rings. The van der Waals surface area contributed by atoms with Crippen molar-refractivity contribution in [1.82, 2.24) is 0 Å². The number of rotatable bonds is 2. The number of benzene rings is 1. The maximum Gasteiger partial charge on any atom is 0.291 e. The second-order valence-corrected chi connectivity index (χ2v) is 6.85. The molecule has 0 saturated heterocycles. The maximum atomic E-state index is 13.7. The number of Topliss-reactive ketones (excluding diaryl/α,β-unsaturated/α-hetero) is 1. The third-order valence-electron chi connectivity index (χ3n) is 4.18. The van der Waals surface area contributed by atoms with Gasteiger partial charge in [0.1, 0.15) is 5.76 Å². The van der Waals surface area contributed by atoms with Gasteiger partial charge in [0, 0.05) is 18.4 Å². The highest BCUT2D eigenvalue weighted by Crippen LogP contribution is 2.38. The molecule has 0 aliphatic heterocycles. The first-order valence-electron chi connectivity index (χ1n) is 7.60. The number of carbonyl (C=O) groups excluding carboxylic acids is 2. The van der Waals surface area contributed by atoms with Crippen LogP contribution < -0.4 is 5.32 Å². The zero-order valence-corrected chi connectivity index (χ0v) is 13.6. The normalized spacial score (nSPS) is 16.0. The number of amides is 1. The lowest BCUT2D eigenvalue weighted by molar-refractivity contribution is 0.0898. The Bertz CT molecular complexity index is 852. The zero-order valence-electron chi connectivity index (χ0n) is 13.6. The van der Waals surface area contributed by atoms with Crippen LogP contribution in [0.1, 0.15) is 52.5 Å². The molecule has 0 saturated carbocycles. The number of hydrogen-bond acceptors (Lipinski definition) is 3. The van der Waals surface area contributed by atoms with Gasteiger partial charge in [0.05, 0.1) is 11.3 Å². The number of anilines is 1. The fraction of sp³-hybridized carbons (Fsp3) is 0.333. The minimum absolute atomic E-state index is 0.0466. The van der Waals surface area contributed by atoms with Gasteiger partial charge >= 0.3 is 0 Å². The molecule has 4 nitrogen and oxygen atoms in total. The van der Waals surface area contributed by atoms with Gasteiger partial charge in [0.15, 0.2) is 23.2 Å². The lowest BCUT2D eigenvalue weighted by Gasteiger charge is -2.27. The molecule has 0 spiro atoms. The number of ketones is 1. The van der Waals surface area contributed by atoms with Crippen LogP contribution in [0.25, 0.3) is 0 Å². The second-order valence-electron chi connectivity index (χ2n) is 6.85. The summed E-state index contributed by atoms with van der Waals surface area (Å²) in [5.74, 6) is -2.55. The van der Waals surface area contributed by atoms with Gasteiger partial charge in [-0.15, -0.1) is 0 Å². The summed E-state index contributed by atoms with van der Waals surface area (Å²) in [6, 6.07) is 3.51. The molecule has 1 aromatic carbocycles. The minimum atomic E-state index is -1.14. The van der Waals surface area contributed by atoms with Crippen molar-refractivity contribution in [3.05, 3.63) is 52.5 Å². The van der Waals surface area contributed by atoms with E-state index >= 15 is 0 Å². The first-order valence-corrected chi connectivity index (χ1v) is 7.60. The highest BCUT2D eigenvalue weighted by Gasteiger charge is 2.37. The largest absolute Gasteiger partial charge is 0.455 e. The van der Waals surface area contributed by atoms with E-state index < -0.39 is 17.5 Å². The van der Waals surface area contributed by atoms with Crippen LogP contribution in [-0.4, -0.2) is 11.7 Å². The second kappa shape index (κ2) is 5.54. The molecule has 0 fully saturated rings. The van der Waals surface area contributed by atoms with E-state index in [4.69, 9.17) is 4.42 Å². The molecule has 1 aliphatic carbocycles. The van der Waals surface area contributed by atoms with Gasteiger partial charge in [-0.2, -0.15) is 0 Å². The van der Waals surface area contributed by atoms with E-state index in [9.17, 15) is 18.4 Å². The van der Waals surface area contributed by atoms with E-state index in [0.29, 0.717) is 29.7 Å². The van der Waals surface area contributed by atoms with Crippen molar-refractivity contribution in [3.8, 4) is 0 Å². The average molecular weight is 333 g/mol. The first-order chi connectivity index (χ1) is 11.2. The molecule has 3 rings (SSSR count). The van der Waals surface area contributed by atoms with Crippen molar-refractivity contribution in [2.45, 2.75) is 33.6 Å². The number of furan rings is 1. The molecular formula is C18H17F2NO3. The van der Waals surface area contributed by atoms with Crippen LogP contribution in [0.3, 0.4) is 0 Å². The van der Waals surface area contributed by atoms with Gasteiger partial charge < -0.3 is 9.73 Å². The fourth-order valence-electron chi connectivity index (χ4n) is 3.08. The average Bonchev–Trinajstić information content (AvgIpc) is 2.79. The number of carbonyl (C=O) groups is 2. The van der Waals surface area contributed by atoms with Gasteiger partial charge in [-0.1, -0.05) is 19.9 Å². The predicted molar refractivity (Wildman–Crippen MR) is 84.2 cm³/mol. The Labute approximate surface area is 137 Å². The summed E-state index contributed by atoms with van der Waals surface area (Å²) in [5.41, 5.74) is 0.344. The van der Waals surface area contributed by atoms with Crippen molar-refractivity contribution < 1.29 is 22.8 Å². The Kier molecular flexibility index (Phi) is 3.78. The van der Waals surface area contributed by atoms with Gasteiger partial charge in [-0.05, 0) is 24.5 Å². The lowest BCUT2D eigenvalue weighted by atomic mass is 9.76. The zero-order chi connectivity index (χ0) is 17.6. The topological polar surface area (TPSA) is 59.3 Å². The third kappa shape index (κ3) is 2.72. The molecule has 1 heterocycles. The molecule has 0 unspecified atom stereocenters. The Hall–Kier alpha value is -2.50. The van der Waals surface area contributed by atoms with Crippen LogP contribution in [0.5, 0.6) is 0 Å². The highest BCUT2D eigenvalue weighted by molar-refractivity contribution is 6.07. The molecular weight excluding hydrogens is 316 g/mol. The first kappa shape index (κ1) is 16.4. The van der Waals surface area contributed by atoms with E-state index in [2.05, 4.69) is 5.32 Å². The van der Waals surface area contributed by atoms with E-state index in [1.165, 1.54) is 12.1 Å². The molecule has 0 atom stereocenters. The Morgan fingerprint density at radius 3 is 2.67 bits per heavy atom. The Morgan fingerprint density at radius 2 is 1.96 bits per heavy atom. The fourth-order valence-corrected chi connectivity index (χ4v) is 3.08. The summed E-state index contributed by atoms with van der Waals surface area (Å²) in [6.07, 6.45) is 0.913. The van der Waals surface area contributed by atoms with Crippen molar-refractivity contribution >= 4 is 17.4 Å². The van der Waals surface area contributed by atoms with E-state index in [-0.39, 0.29) is 22.6 Å². The minimum Gasteiger partial charge on any atom is -0.455 e. The number of halogens is 2. The monoisotopic (exact) mass is 333 g/mol. The van der Waals surface area contributed by atoms with E-state index in [0.717, 1.165) is 6.07 Å². The number of fused-ring (bicyclic) bond motifs is 1. The van der Waals surface area contributed by atoms with Crippen LogP contribution in [0.4, 0.5) is 14.5 Å².